The van der Waals surface area contributed by atoms with E-state index in [0.29, 0.717) is 28.5 Å². The van der Waals surface area contributed by atoms with Gasteiger partial charge in [0.05, 0.1) is 23.2 Å². The number of rotatable bonds is 6. The Balaban J connectivity index is 1.68. The molecule has 11 heteroatoms. The molecule has 1 N–H and O–H groups in total. The number of hydrogen-bond donors (Lipinski definition) is 1. The van der Waals surface area contributed by atoms with Crippen molar-refractivity contribution in [1.82, 2.24) is 24.6 Å². The number of aryl methyl sites for hydroxylation is 2. The third kappa shape index (κ3) is 4.42. The van der Waals surface area contributed by atoms with E-state index >= 15 is 0 Å². The molecule has 0 aliphatic carbocycles. The Hall–Kier alpha value is -4.54. The second-order valence-corrected chi connectivity index (χ2v) is 6.90. The average molecular weight is 446 g/mol. The number of halogens is 1. The molecule has 0 saturated heterocycles. The van der Waals surface area contributed by atoms with Gasteiger partial charge in [0.25, 0.3) is 11.7 Å². The minimum Gasteiger partial charge on any atom is -0.436 e. The van der Waals surface area contributed by atoms with E-state index in [4.69, 9.17) is 4.42 Å². The van der Waals surface area contributed by atoms with Gasteiger partial charge in [-0.05, 0) is 38.8 Å². The molecule has 0 fully saturated rings. The number of aromatic nitrogens is 5. The first-order valence-electron chi connectivity index (χ1n) is 9.82. The van der Waals surface area contributed by atoms with Gasteiger partial charge < -0.3 is 9.73 Å². The highest BCUT2D eigenvalue weighted by Crippen LogP contribution is 2.25. The number of carbonyl (C=O) groups is 1. The van der Waals surface area contributed by atoms with Crippen LogP contribution >= 0.6 is 0 Å². The molecule has 0 bridgehead atoms. The zero-order valence-electron chi connectivity index (χ0n) is 18.1. The smallest absolute Gasteiger partial charge is 0.293 e. The Bertz CT molecular complexity index is 1430. The maximum atomic E-state index is 14.6. The quantitative estimate of drug-likeness (QED) is 0.449. The molecule has 10 nitrogen and oxygen atoms in total. The highest BCUT2D eigenvalue weighted by Gasteiger charge is 2.18. The molecule has 166 valence electrons. The summed E-state index contributed by atoms with van der Waals surface area (Å²) in [5.41, 5.74) is 2.07. The van der Waals surface area contributed by atoms with Crippen molar-refractivity contribution in [3.8, 4) is 11.4 Å². The summed E-state index contributed by atoms with van der Waals surface area (Å²) < 4.78 is 21.4. The van der Waals surface area contributed by atoms with E-state index in [-0.39, 0.29) is 22.9 Å². The van der Waals surface area contributed by atoms with Gasteiger partial charge in [0.1, 0.15) is 5.82 Å². The molecule has 1 amide bonds. The predicted octanol–water partition coefficient (Wildman–Crippen LogP) is 3.88. The van der Waals surface area contributed by atoms with Crippen LogP contribution in [0.4, 0.5) is 10.1 Å². The highest BCUT2D eigenvalue weighted by atomic mass is 19.1. The lowest BCUT2D eigenvalue weighted by atomic mass is 10.1. The Morgan fingerprint density at radius 1 is 1.30 bits per heavy atom. The van der Waals surface area contributed by atoms with Gasteiger partial charge in [-0.2, -0.15) is 4.98 Å². The van der Waals surface area contributed by atoms with Crippen LogP contribution in [0.5, 0.6) is 0 Å². The van der Waals surface area contributed by atoms with Gasteiger partial charge in [-0.15, -0.1) is 5.10 Å². The Kier molecular flexibility index (Phi) is 5.85. The Labute approximate surface area is 187 Å². The summed E-state index contributed by atoms with van der Waals surface area (Å²) >= 11 is 0. The predicted molar refractivity (Wildman–Crippen MR) is 122 cm³/mol. The van der Waals surface area contributed by atoms with Crippen molar-refractivity contribution in [2.24, 2.45) is 9.98 Å². The molecule has 1 aromatic carbocycles. The van der Waals surface area contributed by atoms with Gasteiger partial charge in [-0.1, -0.05) is 0 Å². The van der Waals surface area contributed by atoms with Crippen molar-refractivity contribution in [3.05, 3.63) is 65.5 Å². The summed E-state index contributed by atoms with van der Waals surface area (Å²) in [5.74, 6) is -0.208. The molecule has 0 spiro atoms. The van der Waals surface area contributed by atoms with Gasteiger partial charge in [0.15, 0.2) is 11.7 Å². The fourth-order valence-corrected chi connectivity index (χ4v) is 3.14. The van der Waals surface area contributed by atoms with Crippen LogP contribution in [0.2, 0.25) is 0 Å². The van der Waals surface area contributed by atoms with Crippen molar-refractivity contribution in [2.75, 3.05) is 5.32 Å². The van der Waals surface area contributed by atoms with Crippen LogP contribution in [-0.4, -0.2) is 43.4 Å². The van der Waals surface area contributed by atoms with Crippen molar-refractivity contribution >= 4 is 36.0 Å². The topological polar surface area (TPSA) is 123 Å². The van der Waals surface area contributed by atoms with E-state index in [1.54, 1.807) is 39.4 Å². The number of fused-ring (bicyclic) bond motifs is 1. The van der Waals surface area contributed by atoms with Crippen LogP contribution in [0.1, 0.15) is 34.6 Å². The van der Waals surface area contributed by atoms with E-state index in [2.05, 4.69) is 42.1 Å². The molecule has 0 radical (unpaired) electrons. The summed E-state index contributed by atoms with van der Waals surface area (Å²) in [6.45, 7) is 8.53. The fourth-order valence-electron chi connectivity index (χ4n) is 3.14. The largest absolute Gasteiger partial charge is 0.436 e. The first-order chi connectivity index (χ1) is 15.9. The molecule has 0 aliphatic heterocycles. The minimum atomic E-state index is -0.553. The number of benzene rings is 1. The van der Waals surface area contributed by atoms with Gasteiger partial charge in [-0.3, -0.25) is 14.8 Å². The number of oxazole rings is 1. The van der Waals surface area contributed by atoms with E-state index in [1.165, 1.54) is 28.9 Å². The number of aliphatic imine (C=N–C) groups is 2. The van der Waals surface area contributed by atoms with Crippen LogP contribution in [0, 0.1) is 19.7 Å². The molecular formula is C22H19FN8O2. The maximum Gasteiger partial charge on any atom is 0.293 e. The summed E-state index contributed by atoms with van der Waals surface area (Å²) in [4.78, 5) is 33.1. The molecule has 0 aliphatic rings. The van der Waals surface area contributed by atoms with Crippen LogP contribution < -0.4 is 5.32 Å². The van der Waals surface area contributed by atoms with E-state index < -0.39 is 11.7 Å². The minimum absolute atomic E-state index is 0.0913. The molecule has 4 aromatic rings. The van der Waals surface area contributed by atoms with Crippen molar-refractivity contribution < 1.29 is 13.6 Å². The summed E-state index contributed by atoms with van der Waals surface area (Å²) in [6, 6.07) is 4.10. The van der Waals surface area contributed by atoms with Crippen LogP contribution in [-0.2, 0) is 0 Å². The first-order valence-corrected chi connectivity index (χ1v) is 9.82. The van der Waals surface area contributed by atoms with Crippen LogP contribution in [0.3, 0.4) is 0 Å². The molecular weight excluding hydrogens is 427 g/mol. The fraction of sp³-hybridized carbons (Fsp3) is 0.136. The van der Waals surface area contributed by atoms with Crippen LogP contribution in [0.15, 0.2) is 51.2 Å². The van der Waals surface area contributed by atoms with Crippen molar-refractivity contribution in [3.63, 3.8) is 0 Å². The third-order valence-electron chi connectivity index (χ3n) is 4.55. The molecule has 0 atom stereocenters. The van der Waals surface area contributed by atoms with Crippen molar-refractivity contribution in [1.29, 1.82) is 0 Å². The molecule has 0 saturated carbocycles. The number of amides is 1. The monoisotopic (exact) mass is 446 g/mol. The third-order valence-corrected chi connectivity index (χ3v) is 4.55. The number of nitrogens with one attached hydrogen (secondary N) is 1. The lowest BCUT2D eigenvalue weighted by molar-refractivity contribution is 0.0994. The normalized spacial score (nSPS) is 11.9. The number of hydrogen-bond acceptors (Lipinski definition) is 8. The van der Waals surface area contributed by atoms with Gasteiger partial charge in [0.2, 0.25) is 5.76 Å². The average Bonchev–Trinajstić information content (AvgIpc) is 3.36. The zero-order valence-corrected chi connectivity index (χ0v) is 18.1. The standard InChI is InChI=1S/C22H19FN8O2/c1-5-25-18(10-24-4)14-9-26-22-29-20(30-31(22)11-14)16-8-15(6-7-17(16)23)28-21(32)19-12(2)27-13(3)33-19/h5-11H,4H2,1-3H3,(H,28,32)/b18-10-,25-5?. The van der Waals surface area contributed by atoms with Crippen LogP contribution in [0.25, 0.3) is 22.9 Å². The van der Waals surface area contributed by atoms with Gasteiger partial charge >= 0.3 is 0 Å². The van der Waals surface area contributed by atoms with E-state index in [1.807, 2.05) is 0 Å². The zero-order chi connectivity index (χ0) is 23.5. The number of carbonyl (C=O) groups excluding carboxylic acids is 1. The SMILES string of the molecule is C=N/C=C(\N=CC)c1cnc2nc(-c3cc(NC(=O)c4oc(C)nc4C)ccc3F)nn2c1. The Morgan fingerprint density at radius 3 is 2.82 bits per heavy atom. The van der Waals surface area contributed by atoms with Crippen molar-refractivity contribution in [2.45, 2.75) is 20.8 Å². The maximum absolute atomic E-state index is 14.6. The molecule has 3 heterocycles. The van der Waals surface area contributed by atoms with E-state index in [0.717, 1.165) is 0 Å². The summed E-state index contributed by atoms with van der Waals surface area (Å²) in [6.07, 6.45) is 6.32. The second-order valence-electron chi connectivity index (χ2n) is 6.90. The number of nitrogens with zero attached hydrogens (tertiary/aromatic N) is 7. The molecule has 3 aromatic heterocycles. The summed E-state index contributed by atoms with van der Waals surface area (Å²) in [5, 5.41) is 7.02. The van der Waals surface area contributed by atoms with E-state index in [9.17, 15) is 9.18 Å². The molecule has 33 heavy (non-hydrogen) atoms. The second kappa shape index (κ2) is 8.91. The number of anilines is 1. The molecule has 4 rings (SSSR count). The lowest BCUT2D eigenvalue weighted by Gasteiger charge is -2.06. The van der Waals surface area contributed by atoms with Gasteiger partial charge in [-0.25, -0.2) is 18.9 Å². The highest BCUT2D eigenvalue weighted by molar-refractivity contribution is 6.03. The lowest BCUT2D eigenvalue weighted by Crippen LogP contribution is -2.12. The van der Waals surface area contributed by atoms with Gasteiger partial charge in [0, 0.05) is 36.8 Å². The first kappa shape index (κ1) is 21.7. The molecule has 0 unspecified atom stereocenters. The Morgan fingerprint density at radius 2 is 2.12 bits per heavy atom. The summed E-state index contributed by atoms with van der Waals surface area (Å²) in [7, 11) is 0.